The molecule has 0 bridgehead atoms. The minimum absolute atomic E-state index is 0.622. The molecule has 92 valence electrons. The summed E-state index contributed by atoms with van der Waals surface area (Å²) in [4.78, 5) is 0. The summed E-state index contributed by atoms with van der Waals surface area (Å²) in [5.41, 5.74) is 2.17. The van der Waals surface area contributed by atoms with Gasteiger partial charge < -0.3 is 10.6 Å². The van der Waals surface area contributed by atoms with E-state index in [-0.39, 0.29) is 0 Å². The van der Waals surface area contributed by atoms with Gasteiger partial charge in [-0.15, -0.1) is 0 Å². The van der Waals surface area contributed by atoms with E-state index in [4.69, 9.17) is 12.2 Å². The Labute approximate surface area is 121 Å². The molecule has 0 amide bonds. The molecule has 0 radical (unpaired) electrons. The van der Waals surface area contributed by atoms with Crippen LogP contribution in [0.25, 0.3) is 0 Å². The first kappa shape index (κ1) is 13.1. The highest BCUT2D eigenvalue weighted by Gasteiger charge is 1.98. The molecule has 2 N–H and O–H groups in total. The Kier molecular flexibility index (Phi) is 4.73. The number of hydrogen-bond donors (Lipinski definition) is 2. The highest BCUT2D eigenvalue weighted by atomic mass is 79.9. The average Bonchev–Trinajstić information content (AvgIpc) is 2.38. The van der Waals surface area contributed by atoms with Crippen molar-refractivity contribution in [1.29, 1.82) is 0 Å². The van der Waals surface area contributed by atoms with Gasteiger partial charge in [0.1, 0.15) is 0 Å². The molecule has 0 atom stereocenters. The van der Waals surface area contributed by atoms with Gasteiger partial charge in [-0.2, -0.15) is 0 Å². The zero-order chi connectivity index (χ0) is 12.8. The van der Waals surface area contributed by atoms with Crippen LogP contribution in [0, 0.1) is 0 Å². The van der Waals surface area contributed by atoms with Gasteiger partial charge in [0, 0.05) is 16.7 Å². The van der Waals surface area contributed by atoms with Crippen molar-refractivity contribution in [2.75, 3.05) is 5.32 Å². The Morgan fingerprint density at radius 1 is 1.06 bits per heavy atom. The predicted octanol–water partition coefficient (Wildman–Crippen LogP) is 3.94. The van der Waals surface area contributed by atoms with Gasteiger partial charge in [-0.25, -0.2) is 0 Å². The first-order chi connectivity index (χ1) is 8.74. The Morgan fingerprint density at radius 3 is 2.56 bits per heavy atom. The van der Waals surface area contributed by atoms with Gasteiger partial charge in [0.2, 0.25) is 0 Å². The standard InChI is InChI=1S/C14H13BrN2S/c15-12-7-4-8-13(9-12)17-14(18)16-10-11-5-2-1-3-6-11/h1-9H,10H2,(H2,16,17,18). The minimum atomic E-state index is 0.622. The molecule has 18 heavy (non-hydrogen) atoms. The second-order valence-corrected chi connectivity index (χ2v) is 5.13. The molecule has 2 aromatic carbocycles. The lowest BCUT2D eigenvalue weighted by atomic mass is 10.2. The Hall–Kier alpha value is -1.39. The van der Waals surface area contributed by atoms with E-state index in [9.17, 15) is 0 Å². The smallest absolute Gasteiger partial charge is 0.171 e. The van der Waals surface area contributed by atoms with Crippen LogP contribution >= 0.6 is 28.1 Å². The van der Waals surface area contributed by atoms with Crippen LogP contribution in [0.15, 0.2) is 59.1 Å². The molecular weight excluding hydrogens is 308 g/mol. The first-order valence-corrected chi connectivity index (χ1v) is 6.78. The fourth-order valence-electron chi connectivity index (χ4n) is 1.52. The molecule has 0 aliphatic carbocycles. The number of anilines is 1. The summed E-state index contributed by atoms with van der Waals surface area (Å²) in [7, 11) is 0. The van der Waals surface area contributed by atoms with Crippen molar-refractivity contribution >= 4 is 38.9 Å². The van der Waals surface area contributed by atoms with E-state index in [0.717, 1.165) is 16.7 Å². The van der Waals surface area contributed by atoms with Gasteiger partial charge in [0.25, 0.3) is 0 Å². The molecule has 0 fully saturated rings. The molecule has 2 nitrogen and oxygen atoms in total. The summed E-state index contributed by atoms with van der Waals surface area (Å²) in [6.07, 6.45) is 0. The summed E-state index contributed by atoms with van der Waals surface area (Å²) >= 11 is 8.66. The van der Waals surface area contributed by atoms with Crippen molar-refractivity contribution in [2.24, 2.45) is 0 Å². The van der Waals surface area contributed by atoms with Crippen LogP contribution in [0.5, 0.6) is 0 Å². The topological polar surface area (TPSA) is 24.1 Å². The van der Waals surface area contributed by atoms with Crippen LogP contribution in [0.2, 0.25) is 0 Å². The maximum atomic E-state index is 5.24. The lowest BCUT2D eigenvalue weighted by Gasteiger charge is -2.10. The van der Waals surface area contributed by atoms with Gasteiger partial charge in [0.15, 0.2) is 5.11 Å². The van der Waals surface area contributed by atoms with E-state index in [1.807, 2.05) is 42.5 Å². The van der Waals surface area contributed by atoms with E-state index >= 15 is 0 Å². The molecule has 0 aliphatic heterocycles. The molecule has 0 aliphatic rings. The molecule has 0 aromatic heterocycles. The van der Waals surface area contributed by atoms with Gasteiger partial charge in [-0.1, -0.05) is 52.3 Å². The SMILES string of the molecule is S=C(NCc1ccccc1)Nc1cccc(Br)c1. The number of halogens is 1. The zero-order valence-corrected chi connectivity index (χ0v) is 12.1. The lowest BCUT2D eigenvalue weighted by Crippen LogP contribution is -2.27. The predicted molar refractivity (Wildman–Crippen MR) is 83.6 cm³/mol. The van der Waals surface area contributed by atoms with Crippen molar-refractivity contribution in [2.45, 2.75) is 6.54 Å². The van der Waals surface area contributed by atoms with Crippen LogP contribution in [0.3, 0.4) is 0 Å². The number of benzene rings is 2. The monoisotopic (exact) mass is 320 g/mol. The molecule has 2 aromatic rings. The zero-order valence-electron chi connectivity index (χ0n) is 9.69. The lowest BCUT2D eigenvalue weighted by molar-refractivity contribution is 0.926. The van der Waals surface area contributed by atoms with Crippen molar-refractivity contribution in [3.8, 4) is 0 Å². The van der Waals surface area contributed by atoms with E-state index < -0.39 is 0 Å². The maximum Gasteiger partial charge on any atom is 0.171 e. The van der Waals surface area contributed by atoms with Crippen molar-refractivity contribution < 1.29 is 0 Å². The fraction of sp³-hybridized carbons (Fsp3) is 0.0714. The number of hydrogen-bond acceptors (Lipinski definition) is 1. The minimum Gasteiger partial charge on any atom is -0.358 e. The van der Waals surface area contributed by atoms with Crippen LogP contribution in [-0.2, 0) is 6.54 Å². The highest BCUT2D eigenvalue weighted by molar-refractivity contribution is 9.10. The molecule has 0 spiro atoms. The molecule has 0 unspecified atom stereocenters. The molecule has 0 saturated heterocycles. The van der Waals surface area contributed by atoms with Crippen molar-refractivity contribution in [1.82, 2.24) is 5.32 Å². The van der Waals surface area contributed by atoms with Crippen molar-refractivity contribution in [3.05, 3.63) is 64.6 Å². The largest absolute Gasteiger partial charge is 0.358 e. The Morgan fingerprint density at radius 2 is 1.83 bits per heavy atom. The van der Waals surface area contributed by atoms with E-state index in [1.165, 1.54) is 5.56 Å². The van der Waals surface area contributed by atoms with E-state index in [2.05, 4.69) is 38.7 Å². The summed E-state index contributed by atoms with van der Waals surface area (Å²) in [6, 6.07) is 18.1. The second kappa shape index (κ2) is 6.52. The van der Waals surface area contributed by atoms with E-state index in [1.54, 1.807) is 0 Å². The highest BCUT2D eigenvalue weighted by Crippen LogP contribution is 2.15. The molecular formula is C14H13BrN2S. The van der Waals surface area contributed by atoms with Crippen molar-refractivity contribution in [3.63, 3.8) is 0 Å². The van der Waals surface area contributed by atoms with Crippen LogP contribution in [0.1, 0.15) is 5.56 Å². The second-order valence-electron chi connectivity index (χ2n) is 3.80. The number of thiocarbonyl (C=S) groups is 1. The fourth-order valence-corrected chi connectivity index (χ4v) is 2.11. The summed E-state index contributed by atoms with van der Waals surface area (Å²) in [5.74, 6) is 0. The summed E-state index contributed by atoms with van der Waals surface area (Å²) < 4.78 is 1.03. The average molecular weight is 321 g/mol. The molecule has 4 heteroatoms. The van der Waals surface area contributed by atoms with Gasteiger partial charge in [-0.3, -0.25) is 0 Å². The molecule has 0 heterocycles. The van der Waals surface area contributed by atoms with Gasteiger partial charge >= 0.3 is 0 Å². The number of rotatable bonds is 3. The first-order valence-electron chi connectivity index (χ1n) is 5.58. The van der Waals surface area contributed by atoms with Crippen LogP contribution < -0.4 is 10.6 Å². The summed E-state index contributed by atoms with van der Waals surface area (Å²) in [6.45, 7) is 0.723. The Bertz CT molecular complexity index is 528. The summed E-state index contributed by atoms with van der Waals surface area (Å²) in [5, 5.41) is 6.94. The van der Waals surface area contributed by atoms with Crippen LogP contribution in [0.4, 0.5) is 5.69 Å². The van der Waals surface area contributed by atoms with Gasteiger partial charge in [0.05, 0.1) is 0 Å². The molecule has 0 saturated carbocycles. The normalized spacial score (nSPS) is 9.83. The third-order valence-electron chi connectivity index (χ3n) is 2.38. The Balaban J connectivity index is 1.86. The van der Waals surface area contributed by atoms with Crippen LogP contribution in [-0.4, -0.2) is 5.11 Å². The quantitative estimate of drug-likeness (QED) is 0.838. The number of nitrogens with one attached hydrogen (secondary N) is 2. The molecule has 2 rings (SSSR count). The third-order valence-corrected chi connectivity index (χ3v) is 3.12. The van der Waals surface area contributed by atoms with E-state index in [0.29, 0.717) is 5.11 Å². The third kappa shape index (κ3) is 4.13. The van der Waals surface area contributed by atoms with Gasteiger partial charge in [-0.05, 0) is 36.0 Å². The maximum absolute atomic E-state index is 5.24.